The number of likely N-dealkylation sites (N-methyl/N-ethyl adjacent to an activating group) is 1. The summed E-state index contributed by atoms with van der Waals surface area (Å²) in [4.78, 5) is 2.44. The SMILES string of the molecule is CC1CCCC(C(N)CC2CCC2)(N(C)C)C1. The van der Waals surface area contributed by atoms with E-state index in [9.17, 15) is 0 Å². The molecule has 100 valence electrons. The van der Waals surface area contributed by atoms with Crippen LogP contribution in [0, 0.1) is 11.8 Å². The molecule has 2 N–H and O–H groups in total. The summed E-state index contributed by atoms with van der Waals surface area (Å²) in [5, 5.41) is 0. The van der Waals surface area contributed by atoms with Gasteiger partial charge < -0.3 is 10.6 Å². The summed E-state index contributed by atoms with van der Waals surface area (Å²) in [6, 6.07) is 0.380. The second kappa shape index (κ2) is 5.27. The lowest BCUT2D eigenvalue weighted by atomic mass is 9.68. The molecule has 0 saturated heterocycles. The smallest absolute Gasteiger partial charge is 0.0356 e. The van der Waals surface area contributed by atoms with E-state index in [-0.39, 0.29) is 5.54 Å². The van der Waals surface area contributed by atoms with Crippen LogP contribution in [0.3, 0.4) is 0 Å². The van der Waals surface area contributed by atoms with Gasteiger partial charge in [0, 0.05) is 11.6 Å². The number of hydrogen-bond acceptors (Lipinski definition) is 2. The first kappa shape index (κ1) is 13.4. The highest BCUT2D eigenvalue weighted by molar-refractivity contribution is 5.01. The van der Waals surface area contributed by atoms with Crippen LogP contribution in [0.2, 0.25) is 0 Å². The zero-order chi connectivity index (χ0) is 12.5. The molecular formula is C15H30N2. The second-order valence-corrected chi connectivity index (χ2v) is 6.84. The molecular weight excluding hydrogens is 208 g/mol. The highest BCUT2D eigenvalue weighted by Crippen LogP contribution is 2.41. The maximum Gasteiger partial charge on any atom is 0.0356 e. The summed E-state index contributed by atoms with van der Waals surface area (Å²) in [7, 11) is 4.47. The van der Waals surface area contributed by atoms with Gasteiger partial charge >= 0.3 is 0 Å². The fraction of sp³-hybridized carbons (Fsp3) is 1.00. The lowest BCUT2D eigenvalue weighted by molar-refractivity contribution is 0.0372. The maximum absolute atomic E-state index is 6.62. The molecule has 0 spiro atoms. The highest BCUT2D eigenvalue weighted by Gasteiger charge is 2.42. The third kappa shape index (κ3) is 2.68. The Bertz CT molecular complexity index is 247. The van der Waals surface area contributed by atoms with Crippen molar-refractivity contribution in [3.8, 4) is 0 Å². The zero-order valence-electron chi connectivity index (χ0n) is 11.9. The Labute approximate surface area is 107 Å². The van der Waals surface area contributed by atoms with Crippen LogP contribution in [-0.4, -0.2) is 30.6 Å². The summed E-state index contributed by atoms with van der Waals surface area (Å²) in [5.41, 5.74) is 6.90. The Kier molecular flexibility index (Phi) is 4.14. The van der Waals surface area contributed by atoms with Gasteiger partial charge in [-0.15, -0.1) is 0 Å². The molecule has 0 aromatic carbocycles. The van der Waals surface area contributed by atoms with Crippen LogP contribution in [0.4, 0.5) is 0 Å². The van der Waals surface area contributed by atoms with Gasteiger partial charge in [-0.3, -0.25) is 0 Å². The van der Waals surface area contributed by atoms with Crippen molar-refractivity contribution < 1.29 is 0 Å². The minimum absolute atomic E-state index is 0.285. The molecule has 2 rings (SSSR count). The minimum atomic E-state index is 0.285. The van der Waals surface area contributed by atoms with Crippen molar-refractivity contribution in [1.29, 1.82) is 0 Å². The summed E-state index contributed by atoms with van der Waals surface area (Å²) in [5.74, 6) is 1.78. The van der Waals surface area contributed by atoms with Crippen LogP contribution in [0.5, 0.6) is 0 Å². The van der Waals surface area contributed by atoms with Crippen molar-refractivity contribution in [2.24, 2.45) is 17.6 Å². The monoisotopic (exact) mass is 238 g/mol. The van der Waals surface area contributed by atoms with Crippen LogP contribution >= 0.6 is 0 Å². The summed E-state index contributed by atoms with van der Waals surface area (Å²) in [6.45, 7) is 2.40. The number of nitrogens with zero attached hydrogens (tertiary/aromatic N) is 1. The molecule has 0 radical (unpaired) electrons. The summed E-state index contributed by atoms with van der Waals surface area (Å²) in [6.07, 6.45) is 10.9. The first-order valence-corrected chi connectivity index (χ1v) is 7.47. The van der Waals surface area contributed by atoms with Gasteiger partial charge in [0.2, 0.25) is 0 Å². The van der Waals surface area contributed by atoms with Crippen LogP contribution in [0.1, 0.15) is 58.3 Å². The average Bonchev–Trinajstić information content (AvgIpc) is 2.22. The molecule has 0 amide bonds. The molecule has 2 heteroatoms. The molecule has 0 heterocycles. The largest absolute Gasteiger partial charge is 0.326 e. The fourth-order valence-electron chi connectivity index (χ4n) is 3.95. The van der Waals surface area contributed by atoms with E-state index in [0.717, 1.165) is 11.8 Å². The van der Waals surface area contributed by atoms with Gasteiger partial charge in [0.05, 0.1) is 0 Å². The Morgan fingerprint density at radius 2 is 1.94 bits per heavy atom. The minimum Gasteiger partial charge on any atom is -0.326 e. The molecule has 2 aliphatic rings. The summed E-state index contributed by atoms with van der Waals surface area (Å²) < 4.78 is 0. The highest BCUT2D eigenvalue weighted by atomic mass is 15.2. The second-order valence-electron chi connectivity index (χ2n) is 6.84. The van der Waals surface area contributed by atoms with Gasteiger partial charge in [0.25, 0.3) is 0 Å². The topological polar surface area (TPSA) is 29.3 Å². The molecule has 2 nitrogen and oxygen atoms in total. The average molecular weight is 238 g/mol. The Morgan fingerprint density at radius 3 is 2.41 bits per heavy atom. The van der Waals surface area contributed by atoms with Crippen molar-refractivity contribution in [3.63, 3.8) is 0 Å². The van der Waals surface area contributed by atoms with Crippen molar-refractivity contribution >= 4 is 0 Å². The Balaban J connectivity index is 2.03. The lowest BCUT2D eigenvalue weighted by Crippen LogP contribution is -2.60. The third-order valence-electron chi connectivity index (χ3n) is 5.40. The van der Waals surface area contributed by atoms with Gasteiger partial charge in [0.15, 0.2) is 0 Å². The van der Waals surface area contributed by atoms with E-state index in [1.54, 1.807) is 0 Å². The van der Waals surface area contributed by atoms with E-state index in [2.05, 4.69) is 25.9 Å². The van der Waals surface area contributed by atoms with Crippen LogP contribution in [-0.2, 0) is 0 Å². The standard InChI is InChI=1S/C15H30N2/c1-12-6-5-9-15(11-12,17(2)3)14(16)10-13-7-4-8-13/h12-14H,4-11,16H2,1-3H3. The van der Waals surface area contributed by atoms with E-state index in [4.69, 9.17) is 5.73 Å². The molecule has 3 atom stereocenters. The molecule has 2 saturated carbocycles. The molecule has 17 heavy (non-hydrogen) atoms. The molecule has 2 fully saturated rings. The van der Waals surface area contributed by atoms with Gasteiger partial charge in [-0.2, -0.15) is 0 Å². The maximum atomic E-state index is 6.62. The van der Waals surface area contributed by atoms with Gasteiger partial charge in [0.1, 0.15) is 0 Å². The lowest BCUT2D eigenvalue weighted by Gasteiger charge is -2.50. The van der Waals surface area contributed by atoms with Crippen molar-refractivity contribution in [1.82, 2.24) is 4.90 Å². The first-order valence-electron chi connectivity index (χ1n) is 7.47. The van der Waals surface area contributed by atoms with Crippen LogP contribution < -0.4 is 5.73 Å². The molecule has 0 aromatic rings. The van der Waals surface area contributed by atoms with Crippen molar-refractivity contribution in [3.05, 3.63) is 0 Å². The molecule has 3 unspecified atom stereocenters. The Morgan fingerprint density at radius 1 is 1.24 bits per heavy atom. The van der Waals surface area contributed by atoms with E-state index >= 15 is 0 Å². The Hall–Kier alpha value is -0.0800. The van der Waals surface area contributed by atoms with E-state index in [0.29, 0.717) is 6.04 Å². The van der Waals surface area contributed by atoms with E-state index < -0.39 is 0 Å². The number of rotatable bonds is 4. The predicted molar refractivity (Wildman–Crippen MR) is 74.0 cm³/mol. The molecule has 2 aliphatic carbocycles. The third-order valence-corrected chi connectivity index (χ3v) is 5.40. The number of nitrogens with two attached hydrogens (primary N) is 1. The fourth-order valence-corrected chi connectivity index (χ4v) is 3.95. The summed E-state index contributed by atoms with van der Waals surface area (Å²) >= 11 is 0. The molecule has 0 aliphatic heterocycles. The quantitative estimate of drug-likeness (QED) is 0.816. The molecule has 0 aromatic heterocycles. The normalized spacial score (nSPS) is 36.9. The van der Waals surface area contributed by atoms with Gasteiger partial charge in [-0.1, -0.05) is 39.0 Å². The van der Waals surface area contributed by atoms with Crippen LogP contribution in [0.15, 0.2) is 0 Å². The van der Waals surface area contributed by atoms with Crippen molar-refractivity contribution in [2.75, 3.05) is 14.1 Å². The number of hydrogen-bond donors (Lipinski definition) is 1. The van der Waals surface area contributed by atoms with Crippen LogP contribution in [0.25, 0.3) is 0 Å². The predicted octanol–water partition coefficient (Wildman–Crippen LogP) is 3.01. The first-order chi connectivity index (χ1) is 8.04. The van der Waals surface area contributed by atoms with E-state index in [1.165, 1.54) is 51.4 Å². The molecule has 0 bridgehead atoms. The zero-order valence-corrected chi connectivity index (χ0v) is 11.9. The van der Waals surface area contributed by atoms with Gasteiger partial charge in [-0.25, -0.2) is 0 Å². The van der Waals surface area contributed by atoms with Gasteiger partial charge in [-0.05, 0) is 45.2 Å². The van der Waals surface area contributed by atoms with Crippen molar-refractivity contribution in [2.45, 2.75) is 69.9 Å². The van der Waals surface area contributed by atoms with E-state index in [1.807, 2.05) is 0 Å².